The summed E-state index contributed by atoms with van der Waals surface area (Å²) in [6.45, 7) is 0. The fourth-order valence-corrected chi connectivity index (χ4v) is 2.67. The number of hydrogen-bond acceptors (Lipinski definition) is 4. The molecule has 0 aliphatic heterocycles. The maximum absolute atomic E-state index is 13.6. The number of nitrogens with zero attached hydrogens (tertiary/aromatic N) is 5. The van der Waals surface area contributed by atoms with Gasteiger partial charge >= 0.3 is 6.18 Å². The lowest BCUT2D eigenvalue weighted by Crippen LogP contribution is -2.08. The molecule has 6 nitrogen and oxygen atoms in total. The van der Waals surface area contributed by atoms with Crippen LogP contribution in [-0.2, 0) is 6.18 Å². The Bertz CT molecular complexity index is 1010. The van der Waals surface area contributed by atoms with Crippen molar-refractivity contribution in [3.63, 3.8) is 0 Å². The first-order valence-electron chi connectivity index (χ1n) is 7.56. The molecule has 0 atom stereocenters. The molecule has 4 aromatic rings. The number of halogens is 3. The molecule has 2 heterocycles. The number of hydrogen-bond donors (Lipinski definition) is 1. The molecule has 0 unspecified atom stereocenters. The third-order valence-electron chi connectivity index (χ3n) is 3.91. The molecule has 0 radical (unpaired) electrons. The van der Waals surface area contributed by atoms with Crippen LogP contribution < -0.4 is 0 Å². The highest BCUT2D eigenvalue weighted by Gasteiger charge is 2.34. The van der Waals surface area contributed by atoms with Crippen molar-refractivity contribution in [1.29, 1.82) is 0 Å². The number of aromatic amines is 1. The Morgan fingerprint density at radius 1 is 0.962 bits per heavy atom. The third kappa shape index (κ3) is 2.94. The SMILES string of the molecule is FC(F)(F)c1cc(-n2ccnc2)ccc1-c1ccc(-c2nn[nH]n2)cc1. The highest BCUT2D eigenvalue weighted by Crippen LogP contribution is 2.38. The molecule has 9 heteroatoms. The largest absolute Gasteiger partial charge is 0.417 e. The second-order valence-electron chi connectivity index (χ2n) is 5.51. The van der Waals surface area contributed by atoms with E-state index in [1.54, 1.807) is 36.5 Å². The molecule has 0 fully saturated rings. The van der Waals surface area contributed by atoms with Gasteiger partial charge in [0.15, 0.2) is 0 Å². The van der Waals surface area contributed by atoms with Crippen molar-refractivity contribution in [1.82, 2.24) is 30.2 Å². The lowest BCUT2D eigenvalue weighted by molar-refractivity contribution is -0.137. The minimum absolute atomic E-state index is 0.0982. The quantitative estimate of drug-likeness (QED) is 0.607. The summed E-state index contributed by atoms with van der Waals surface area (Å²) >= 11 is 0. The van der Waals surface area contributed by atoms with Crippen LogP contribution in [0.15, 0.2) is 61.2 Å². The number of imidazole rings is 1. The zero-order chi connectivity index (χ0) is 18.1. The minimum Gasteiger partial charge on any atom is -0.306 e. The van der Waals surface area contributed by atoms with E-state index in [-0.39, 0.29) is 5.56 Å². The van der Waals surface area contributed by atoms with E-state index < -0.39 is 11.7 Å². The Balaban J connectivity index is 1.78. The van der Waals surface area contributed by atoms with Gasteiger partial charge in [0.1, 0.15) is 0 Å². The number of aromatic nitrogens is 6. The smallest absolute Gasteiger partial charge is 0.306 e. The Morgan fingerprint density at radius 2 is 1.73 bits per heavy atom. The normalized spacial score (nSPS) is 11.7. The summed E-state index contributed by atoms with van der Waals surface area (Å²) in [5.74, 6) is 0.378. The van der Waals surface area contributed by atoms with Gasteiger partial charge in [-0.2, -0.15) is 18.4 Å². The Labute approximate surface area is 145 Å². The van der Waals surface area contributed by atoms with Crippen LogP contribution in [0.4, 0.5) is 13.2 Å². The highest BCUT2D eigenvalue weighted by atomic mass is 19.4. The molecule has 2 aromatic heterocycles. The van der Waals surface area contributed by atoms with Gasteiger partial charge in [0, 0.05) is 23.6 Å². The Morgan fingerprint density at radius 3 is 2.35 bits per heavy atom. The van der Waals surface area contributed by atoms with Crippen LogP contribution in [0, 0.1) is 0 Å². The Kier molecular flexibility index (Phi) is 3.76. The summed E-state index contributed by atoms with van der Waals surface area (Å²) in [7, 11) is 0. The summed E-state index contributed by atoms with van der Waals surface area (Å²) in [6.07, 6.45) is 0.0693. The molecule has 0 amide bonds. The van der Waals surface area contributed by atoms with Crippen LogP contribution in [0.1, 0.15) is 5.56 Å². The first kappa shape index (κ1) is 16.0. The molecular weight excluding hydrogens is 345 g/mol. The number of nitrogens with one attached hydrogen (secondary N) is 1. The van der Waals surface area contributed by atoms with E-state index in [4.69, 9.17) is 0 Å². The molecule has 0 spiro atoms. The molecule has 26 heavy (non-hydrogen) atoms. The van der Waals surface area contributed by atoms with Crippen molar-refractivity contribution < 1.29 is 13.2 Å². The molecule has 0 bridgehead atoms. The van der Waals surface area contributed by atoms with Crippen molar-refractivity contribution >= 4 is 0 Å². The predicted octanol–water partition coefficient (Wildman–Crippen LogP) is 3.74. The molecule has 1 N–H and O–H groups in total. The van der Waals surface area contributed by atoms with Gasteiger partial charge in [0.25, 0.3) is 0 Å². The third-order valence-corrected chi connectivity index (χ3v) is 3.91. The van der Waals surface area contributed by atoms with Crippen LogP contribution in [-0.4, -0.2) is 30.2 Å². The van der Waals surface area contributed by atoms with Gasteiger partial charge in [-0.05, 0) is 28.5 Å². The average molecular weight is 356 g/mol. The molecule has 0 aliphatic rings. The molecule has 130 valence electrons. The second kappa shape index (κ2) is 6.10. The summed E-state index contributed by atoms with van der Waals surface area (Å²) in [5.41, 5.74) is 0.881. The van der Waals surface area contributed by atoms with Crippen molar-refractivity contribution in [2.24, 2.45) is 0 Å². The van der Waals surface area contributed by atoms with Crippen molar-refractivity contribution in [3.05, 3.63) is 66.7 Å². The summed E-state index contributed by atoms with van der Waals surface area (Å²) in [5, 5.41) is 13.5. The predicted molar refractivity (Wildman–Crippen MR) is 87.2 cm³/mol. The van der Waals surface area contributed by atoms with Gasteiger partial charge in [-0.25, -0.2) is 4.98 Å². The van der Waals surface area contributed by atoms with E-state index in [2.05, 4.69) is 25.6 Å². The number of H-pyrrole nitrogens is 1. The van der Waals surface area contributed by atoms with Gasteiger partial charge < -0.3 is 4.57 Å². The Hall–Kier alpha value is -3.49. The zero-order valence-electron chi connectivity index (χ0n) is 13.1. The number of benzene rings is 2. The van der Waals surface area contributed by atoms with Crippen LogP contribution in [0.25, 0.3) is 28.2 Å². The van der Waals surface area contributed by atoms with Gasteiger partial charge in [0.05, 0.1) is 11.9 Å². The summed E-state index contributed by atoms with van der Waals surface area (Å²) < 4.78 is 42.3. The topological polar surface area (TPSA) is 72.3 Å². The summed E-state index contributed by atoms with van der Waals surface area (Å²) in [4.78, 5) is 3.87. The second-order valence-corrected chi connectivity index (χ2v) is 5.51. The maximum Gasteiger partial charge on any atom is 0.417 e. The van der Waals surface area contributed by atoms with Gasteiger partial charge in [-0.15, -0.1) is 10.2 Å². The van der Waals surface area contributed by atoms with Crippen molar-refractivity contribution in [2.45, 2.75) is 6.18 Å². The van der Waals surface area contributed by atoms with Crippen LogP contribution in [0.3, 0.4) is 0 Å². The van der Waals surface area contributed by atoms with Gasteiger partial charge in [-0.3, -0.25) is 0 Å². The van der Waals surface area contributed by atoms with E-state index in [0.717, 1.165) is 6.07 Å². The van der Waals surface area contributed by atoms with E-state index in [1.807, 2.05) is 0 Å². The van der Waals surface area contributed by atoms with Crippen LogP contribution in [0.5, 0.6) is 0 Å². The minimum atomic E-state index is -4.49. The van der Waals surface area contributed by atoms with E-state index in [9.17, 15) is 13.2 Å². The van der Waals surface area contributed by atoms with Crippen LogP contribution >= 0.6 is 0 Å². The molecule has 0 saturated carbocycles. The molecule has 0 saturated heterocycles. The molecule has 2 aromatic carbocycles. The molecular formula is C17H11F3N6. The number of alkyl halides is 3. The fourth-order valence-electron chi connectivity index (χ4n) is 2.67. The number of rotatable bonds is 3. The lowest BCUT2D eigenvalue weighted by atomic mass is 9.97. The van der Waals surface area contributed by atoms with E-state index in [1.165, 1.54) is 23.2 Å². The first-order chi connectivity index (χ1) is 12.5. The monoisotopic (exact) mass is 356 g/mol. The van der Waals surface area contributed by atoms with Crippen molar-refractivity contribution in [2.75, 3.05) is 0 Å². The van der Waals surface area contributed by atoms with E-state index in [0.29, 0.717) is 22.6 Å². The van der Waals surface area contributed by atoms with Crippen molar-refractivity contribution in [3.8, 4) is 28.2 Å². The standard InChI is InChI=1S/C17H11F3N6/c18-17(19,20)15-9-13(26-8-7-21-10-26)5-6-14(15)11-1-3-12(4-2-11)16-22-24-25-23-16/h1-10H,(H,22,23,24,25). The number of tetrazole rings is 1. The van der Waals surface area contributed by atoms with Gasteiger partial charge in [-0.1, -0.05) is 30.3 Å². The molecule has 0 aliphatic carbocycles. The van der Waals surface area contributed by atoms with Gasteiger partial charge in [0.2, 0.25) is 5.82 Å². The first-order valence-corrected chi connectivity index (χ1v) is 7.56. The lowest BCUT2D eigenvalue weighted by Gasteiger charge is -2.15. The zero-order valence-corrected chi connectivity index (χ0v) is 13.1. The van der Waals surface area contributed by atoms with Crippen LogP contribution in [0.2, 0.25) is 0 Å². The van der Waals surface area contributed by atoms with E-state index >= 15 is 0 Å². The highest BCUT2D eigenvalue weighted by molar-refractivity contribution is 5.72. The summed E-state index contributed by atoms with van der Waals surface area (Å²) in [6, 6.07) is 10.7. The molecule has 4 rings (SSSR count). The average Bonchev–Trinajstić information content (AvgIpc) is 3.34. The fraction of sp³-hybridized carbons (Fsp3) is 0.0588. The maximum atomic E-state index is 13.6.